The summed E-state index contributed by atoms with van der Waals surface area (Å²) in [5, 5.41) is 1.36. The monoisotopic (exact) mass is 451 g/mol. The topological polar surface area (TPSA) is 37.4 Å². The molecule has 3 aromatic rings. The predicted octanol–water partition coefficient (Wildman–Crippen LogP) is 6.31. The van der Waals surface area contributed by atoms with Crippen LogP contribution < -0.4 is 4.31 Å². The lowest BCUT2D eigenvalue weighted by atomic mass is 10.1. The summed E-state index contributed by atoms with van der Waals surface area (Å²) in [7, 11) is -4.78. The van der Waals surface area contributed by atoms with Crippen LogP contribution in [0, 0.1) is 0 Å². The van der Waals surface area contributed by atoms with Gasteiger partial charge in [-0.25, -0.2) is 4.31 Å². The molecule has 0 radical (unpaired) electrons. The average molecular weight is 451 g/mol. The van der Waals surface area contributed by atoms with Gasteiger partial charge in [0.25, 0.3) is 10.0 Å². The maximum atomic E-state index is 13.5. The second-order valence-electron chi connectivity index (χ2n) is 5.73. The fraction of sp³-hybridized carbons (Fsp3) is 0.111. The number of sulfonamides is 1. The molecule has 0 unspecified atom stereocenters. The van der Waals surface area contributed by atoms with Crippen LogP contribution in [0.2, 0.25) is 0 Å². The highest BCUT2D eigenvalue weighted by molar-refractivity contribution is 7.95. The zero-order valence-electron chi connectivity index (χ0n) is 14.2. The molecule has 1 aromatic heterocycles. The van der Waals surface area contributed by atoms with E-state index in [2.05, 4.69) is 0 Å². The van der Waals surface area contributed by atoms with Crippen LogP contribution in [-0.2, 0) is 22.4 Å². The summed E-state index contributed by atoms with van der Waals surface area (Å²) in [6.45, 7) is 0. The van der Waals surface area contributed by atoms with Crippen molar-refractivity contribution in [2.45, 2.75) is 16.6 Å². The lowest BCUT2D eigenvalue weighted by Crippen LogP contribution is -2.30. The van der Waals surface area contributed by atoms with E-state index in [0.29, 0.717) is 23.5 Å². The minimum Gasteiger partial charge on any atom is -0.233 e. The van der Waals surface area contributed by atoms with Crippen LogP contribution in [-0.4, -0.2) is 8.42 Å². The first-order valence-electron chi connectivity index (χ1n) is 7.85. The van der Waals surface area contributed by atoms with E-state index in [4.69, 9.17) is 0 Å². The normalized spacial score (nSPS) is 12.8. The number of thiophene rings is 1. The third-order valence-corrected chi connectivity index (χ3v) is 6.95. The van der Waals surface area contributed by atoms with Crippen LogP contribution in [0.3, 0.4) is 0 Å². The third kappa shape index (κ3) is 4.10. The Hall–Kier alpha value is -2.53. The molecule has 0 aliphatic heterocycles. The molecule has 0 spiro atoms. The smallest absolute Gasteiger partial charge is 0.233 e. The van der Waals surface area contributed by atoms with Gasteiger partial charge in [-0.3, -0.25) is 0 Å². The van der Waals surface area contributed by atoms with Gasteiger partial charge >= 0.3 is 12.4 Å². The Morgan fingerprint density at radius 2 is 1.14 bits per heavy atom. The molecule has 29 heavy (non-hydrogen) atoms. The van der Waals surface area contributed by atoms with Crippen LogP contribution in [0.15, 0.2) is 70.3 Å². The minimum absolute atomic E-state index is 0.102. The number of benzene rings is 2. The van der Waals surface area contributed by atoms with Crippen molar-refractivity contribution >= 4 is 32.7 Å². The van der Waals surface area contributed by atoms with E-state index in [-0.39, 0.29) is 4.31 Å². The van der Waals surface area contributed by atoms with E-state index < -0.39 is 49.1 Å². The summed E-state index contributed by atoms with van der Waals surface area (Å²) < 4.78 is 107. The first-order valence-corrected chi connectivity index (χ1v) is 10.2. The average Bonchev–Trinajstić information content (AvgIpc) is 3.16. The van der Waals surface area contributed by atoms with Crippen LogP contribution in [0.25, 0.3) is 0 Å². The predicted molar refractivity (Wildman–Crippen MR) is 96.5 cm³/mol. The molecule has 0 amide bonds. The molecule has 3 nitrogen and oxygen atoms in total. The summed E-state index contributed by atoms with van der Waals surface area (Å²) >= 11 is 0.682. The fourth-order valence-corrected chi connectivity index (χ4v) is 5.26. The molecule has 3 rings (SSSR count). The molecule has 0 N–H and O–H groups in total. The lowest BCUT2D eigenvalue weighted by molar-refractivity contribution is -0.137. The Morgan fingerprint density at radius 3 is 1.52 bits per heavy atom. The molecule has 1 heterocycles. The van der Waals surface area contributed by atoms with Gasteiger partial charge in [-0.2, -0.15) is 34.8 Å². The molecule has 0 bridgehead atoms. The second kappa shape index (κ2) is 7.38. The zero-order valence-corrected chi connectivity index (χ0v) is 15.8. The number of hydrogen-bond acceptors (Lipinski definition) is 3. The van der Waals surface area contributed by atoms with E-state index in [0.717, 1.165) is 42.5 Å². The zero-order chi connectivity index (χ0) is 21.4. The molecule has 0 saturated heterocycles. The molecule has 0 atom stereocenters. The van der Waals surface area contributed by atoms with Crippen molar-refractivity contribution in [1.29, 1.82) is 0 Å². The van der Waals surface area contributed by atoms with Gasteiger partial charge < -0.3 is 0 Å². The van der Waals surface area contributed by atoms with Crippen LogP contribution in [0.1, 0.15) is 11.1 Å². The highest BCUT2D eigenvalue weighted by Crippen LogP contribution is 2.46. The third-order valence-electron chi connectivity index (χ3n) is 3.85. The summed E-state index contributed by atoms with van der Waals surface area (Å²) in [6, 6.07) is 9.61. The largest absolute Gasteiger partial charge is 0.418 e. The van der Waals surface area contributed by atoms with E-state index in [1.165, 1.54) is 11.4 Å². The molecule has 2 aromatic carbocycles. The van der Waals surface area contributed by atoms with Crippen LogP contribution >= 0.6 is 11.3 Å². The highest BCUT2D eigenvalue weighted by Gasteiger charge is 2.42. The van der Waals surface area contributed by atoms with E-state index in [1.807, 2.05) is 0 Å². The number of rotatable bonds is 4. The first kappa shape index (κ1) is 21.2. The van der Waals surface area contributed by atoms with Gasteiger partial charge in [-0.1, -0.05) is 30.3 Å². The molecule has 154 valence electrons. The van der Waals surface area contributed by atoms with Crippen molar-refractivity contribution < 1.29 is 34.8 Å². The Bertz CT molecular complexity index is 1050. The van der Waals surface area contributed by atoms with Crippen LogP contribution in [0.5, 0.6) is 0 Å². The number of hydrogen-bond donors (Lipinski definition) is 0. The van der Waals surface area contributed by atoms with Gasteiger partial charge in [0.1, 0.15) is 4.21 Å². The van der Waals surface area contributed by atoms with Crippen molar-refractivity contribution in [2.75, 3.05) is 4.31 Å². The number of anilines is 2. The van der Waals surface area contributed by atoms with E-state index in [1.54, 1.807) is 0 Å². The summed E-state index contributed by atoms with van der Waals surface area (Å²) in [6.07, 6.45) is -9.99. The second-order valence-corrected chi connectivity index (χ2v) is 8.69. The van der Waals surface area contributed by atoms with Gasteiger partial charge in [0, 0.05) is 0 Å². The van der Waals surface area contributed by atoms with Crippen molar-refractivity contribution in [2.24, 2.45) is 0 Å². The highest BCUT2D eigenvalue weighted by atomic mass is 32.2. The standard InChI is InChI=1S/C18H11F6NO2S2/c19-17(20,21)12-6-1-3-8-14(12)25(29(26,27)16-10-5-11-28-16)15-9-4-2-7-13(15)18(22,23)24/h1-11H. The molecular weight excluding hydrogens is 440 g/mol. The Kier molecular flexibility index (Phi) is 5.39. The fourth-order valence-electron chi connectivity index (χ4n) is 2.67. The summed E-state index contributed by atoms with van der Waals surface area (Å²) in [5.74, 6) is 0. The van der Waals surface area contributed by atoms with Gasteiger partial charge in [0.15, 0.2) is 0 Å². The summed E-state index contributed by atoms with van der Waals surface area (Å²) in [5.41, 5.74) is -4.61. The Balaban J connectivity index is 2.39. The maximum absolute atomic E-state index is 13.5. The molecular formula is C18H11F6NO2S2. The van der Waals surface area contributed by atoms with Gasteiger partial charge in [-0.15, -0.1) is 11.3 Å². The Labute approximate surface area is 165 Å². The molecule has 0 fully saturated rings. The quantitative estimate of drug-likeness (QED) is 0.436. The maximum Gasteiger partial charge on any atom is 0.418 e. The SMILES string of the molecule is O=S(=O)(c1cccs1)N(c1ccccc1C(F)(F)F)c1ccccc1C(F)(F)F. The lowest BCUT2D eigenvalue weighted by Gasteiger charge is -2.28. The molecule has 0 aliphatic carbocycles. The van der Waals surface area contributed by atoms with Crippen molar-refractivity contribution in [3.05, 3.63) is 77.2 Å². The van der Waals surface area contributed by atoms with Gasteiger partial charge in [0.05, 0.1) is 22.5 Å². The molecule has 11 heteroatoms. The van der Waals surface area contributed by atoms with Crippen molar-refractivity contribution in [3.8, 4) is 0 Å². The Morgan fingerprint density at radius 1 is 0.690 bits per heavy atom. The van der Waals surface area contributed by atoms with Crippen molar-refractivity contribution in [1.82, 2.24) is 0 Å². The molecule has 0 saturated carbocycles. The number of para-hydroxylation sites is 2. The number of alkyl halides is 6. The van der Waals surface area contributed by atoms with E-state index >= 15 is 0 Å². The van der Waals surface area contributed by atoms with E-state index in [9.17, 15) is 34.8 Å². The van der Waals surface area contributed by atoms with Gasteiger partial charge in [-0.05, 0) is 35.7 Å². The van der Waals surface area contributed by atoms with Gasteiger partial charge in [0.2, 0.25) is 0 Å². The first-order chi connectivity index (χ1) is 13.4. The van der Waals surface area contributed by atoms with Crippen LogP contribution in [0.4, 0.5) is 37.7 Å². The van der Waals surface area contributed by atoms with Crippen molar-refractivity contribution in [3.63, 3.8) is 0 Å². The number of halogens is 6. The number of nitrogens with zero attached hydrogens (tertiary/aromatic N) is 1. The summed E-state index contributed by atoms with van der Waals surface area (Å²) in [4.78, 5) is 0. The minimum atomic E-state index is -4.99. The molecule has 0 aliphatic rings.